The largest absolute Gasteiger partial charge is 0.492 e. The van der Waals surface area contributed by atoms with Crippen LogP contribution >= 0.6 is 0 Å². The number of anilines is 1. The molecule has 1 aliphatic rings. The van der Waals surface area contributed by atoms with E-state index in [1.165, 1.54) is 0 Å². The number of nitrogens with one attached hydrogen (secondary N) is 1. The Balaban J connectivity index is 1.87. The topological polar surface area (TPSA) is 73.6 Å². The molecule has 0 aromatic heterocycles. The van der Waals surface area contributed by atoms with Crippen LogP contribution in [-0.2, 0) is 9.53 Å². The van der Waals surface area contributed by atoms with E-state index >= 15 is 0 Å². The standard InChI is InChI=1S/C13H18N2O3/c14-7-9-17-11-5-3-10(4-6-11)15-13(16)12-2-1-8-18-12/h3-6,12H,1-2,7-9,14H2,(H,15,16)/t12-/m1/s1. The minimum absolute atomic E-state index is 0.0804. The molecule has 3 N–H and O–H groups in total. The van der Waals surface area contributed by atoms with E-state index in [0.29, 0.717) is 19.8 Å². The van der Waals surface area contributed by atoms with Crippen LogP contribution in [0.1, 0.15) is 12.8 Å². The summed E-state index contributed by atoms with van der Waals surface area (Å²) in [5.74, 6) is 0.665. The SMILES string of the molecule is NCCOc1ccc(NC(=O)[C@H]2CCCO2)cc1. The van der Waals surface area contributed by atoms with E-state index in [1.807, 2.05) is 0 Å². The molecule has 5 heteroatoms. The van der Waals surface area contributed by atoms with Crippen LogP contribution in [0.3, 0.4) is 0 Å². The van der Waals surface area contributed by atoms with Gasteiger partial charge in [-0.3, -0.25) is 4.79 Å². The molecule has 1 amide bonds. The maximum Gasteiger partial charge on any atom is 0.253 e. The van der Waals surface area contributed by atoms with Gasteiger partial charge in [-0.05, 0) is 37.1 Å². The first-order valence-electron chi connectivity index (χ1n) is 6.15. The van der Waals surface area contributed by atoms with E-state index in [9.17, 15) is 4.79 Å². The van der Waals surface area contributed by atoms with Crippen LogP contribution in [0.2, 0.25) is 0 Å². The molecule has 2 rings (SSSR count). The van der Waals surface area contributed by atoms with Gasteiger partial charge in [-0.15, -0.1) is 0 Å². The van der Waals surface area contributed by atoms with Crippen molar-refractivity contribution in [2.75, 3.05) is 25.1 Å². The van der Waals surface area contributed by atoms with Gasteiger partial charge >= 0.3 is 0 Å². The predicted molar refractivity (Wildman–Crippen MR) is 68.6 cm³/mol. The summed E-state index contributed by atoms with van der Waals surface area (Å²) >= 11 is 0. The number of benzene rings is 1. The van der Waals surface area contributed by atoms with Crippen LogP contribution < -0.4 is 15.8 Å². The number of hydrogen-bond donors (Lipinski definition) is 2. The summed E-state index contributed by atoms with van der Waals surface area (Å²) < 4.78 is 10.7. The monoisotopic (exact) mass is 250 g/mol. The van der Waals surface area contributed by atoms with Crippen molar-refractivity contribution in [3.63, 3.8) is 0 Å². The van der Waals surface area contributed by atoms with Gasteiger partial charge in [-0.2, -0.15) is 0 Å². The normalized spacial score (nSPS) is 18.6. The van der Waals surface area contributed by atoms with E-state index in [4.69, 9.17) is 15.2 Å². The second-order valence-corrected chi connectivity index (χ2v) is 4.15. The van der Waals surface area contributed by atoms with Gasteiger partial charge in [0.15, 0.2) is 0 Å². The number of hydrogen-bond acceptors (Lipinski definition) is 4. The first-order valence-corrected chi connectivity index (χ1v) is 6.15. The van der Waals surface area contributed by atoms with Crippen molar-refractivity contribution in [1.29, 1.82) is 0 Å². The van der Waals surface area contributed by atoms with Gasteiger partial charge in [0.25, 0.3) is 5.91 Å². The zero-order chi connectivity index (χ0) is 12.8. The molecule has 1 aromatic rings. The van der Waals surface area contributed by atoms with E-state index in [2.05, 4.69) is 5.32 Å². The zero-order valence-electron chi connectivity index (χ0n) is 10.2. The van der Waals surface area contributed by atoms with Gasteiger partial charge in [0.05, 0.1) is 0 Å². The maximum absolute atomic E-state index is 11.8. The third-order valence-electron chi connectivity index (χ3n) is 2.73. The Morgan fingerprint density at radius 3 is 2.83 bits per heavy atom. The molecule has 5 nitrogen and oxygen atoms in total. The number of ether oxygens (including phenoxy) is 2. The van der Waals surface area contributed by atoms with Crippen LogP contribution in [-0.4, -0.2) is 31.8 Å². The van der Waals surface area contributed by atoms with Crippen LogP contribution in [0.4, 0.5) is 5.69 Å². The second kappa shape index (κ2) is 6.37. The summed E-state index contributed by atoms with van der Waals surface area (Å²) in [5, 5.41) is 2.82. The first kappa shape index (κ1) is 12.9. The third-order valence-corrected chi connectivity index (χ3v) is 2.73. The van der Waals surface area contributed by atoms with Crippen LogP contribution in [0.25, 0.3) is 0 Å². The Kier molecular flexibility index (Phi) is 4.55. The molecule has 1 saturated heterocycles. The Bertz CT molecular complexity index is 386. The molecule has 98 valence electrons. The number of rotatable bonds is 5. The zero-order valence-corrected chi connectivity index (χ0v) is 10.2. The van der Waals surface area contributed by atoms with Crippen molar-refractivity contribution in [3.05, 3.63) is 24.3 Å². The molecule has 0 bridgehead atoms. The molecular weight excluding hydrogens is 232 g/mol. The molecular formula is C13H18N2O3. The van der Waals surface area contributed by atoms with Gasteiger partial charge < -0.3 is 20.5 Å². The smallest absolute Gasteiger partial charge is 0.253 e. The fourth-order valence-corrected chi connectivity index (χ4v) is 1.82. The summed E-state index contributed by atoms with van der Waals surface area (Å²) in [6, 6.07) is 7.22. The van der Waals surface area contributed by atoms with Crippen molar-refractivity contribution in [2.24, 2.45) is 5.73 Å². The molecule has 0 spiro atoms. The van der Waals surface area contributed by atoms with E-state index in [-0.39, 0.29) is 12.0 Å². The Morgan fingerprint density at radius 2 is 2.22 bits per heavy atom. The van der Waals surface area contributed by atoms with Crippen molar-refractivity contribution < 1.29 is 14.3 Å². The summed E-state index contributed by atoms with van der Waals surface area (Å²) in [6.45, 7) is 1.64. The molecule has 0 unspecified atom stereocenters. The van der Waals surface area contributed by atoms with Gasteiger partial charge in [0.2, 0.25) is 0 Å². The fraction of sp³-hybridized carbons (Fsp3) is 0.462. The lowest BCUT2D eigenvalue weighted by molar-refractivity contribution is -0.124. The van der Waals surface area contributed by atoms with E-state index in [0.717, 1.165) is 24.3 Å². The number of carbonyl (C=O) groups excluding carboxylic acids is 1. The highest BCUT2D eigenvalue weighted by Gasteiger charge is 2.23. The van der Waals surface area contributed by atoms with E-state index < -0.39 is 0 Å². The van der Waals surface area contributed by atoms with Gasteiger partial charge in [0.1, 0.15) is 18.5 Å². The van der Waals surface area contributed by atoms with Crippen molar-refractivity contribution in [1.82, 2.24) is 0 Å². The average molecular weight is 250 g/mol. The summed E-state index contributed by atoms with van der Waals surface area (Å²) in [5.41, 5.74) is 6.09. The summed E-state index contributed by atoms with van der Waals surface area (Å²) in [4.78, 5) is 11.8. The lowest BCUT2D eigenvalue weighted by atomic mass is 10.2. The Morgan fingerprint density at radius 1 is 1.44 bits per heavy atom. The molecule has 0 aliphatic carbocycles. The highest BCUT2D eigenvalue weighted by atomic mass is 16.5. The van der Waals surface area contributed by atoms with Crippen LogP contribution in [0, 0.1) is 0 Å². The predicted octanol–water partition coefficient (Wildman–Crippen LogP) is 1.14. The highest BCUT2D eigenvalue weighted by Crippen LogP contribution is 2.18. The lowest BCUT2D eigenvalue weighted by Crippen LogP contribution is -2.26. The molecule has 1 atom stereocenters. The summed E-state index contributed by atoms with van der Waals surface area (Å²) in [6.07, 6.45) is 1.44. The van der Waals surface area contributed by atoms with Gasteiger partial charge in [-0.1, -0.05) is 0 Å². The molecule has 18 heavy (non-hydrogen) atoms. The molecule has 1 aromatic carbocycles. The molecule has 0 saturated carbocycles. The van der Waals surface area contributed by atoms with Crippen LogP contribution in [0.5, 0.6) is 5.75 Å². The van der Waals surface area contributed by atoms with Crippen molar-refractivity contribution >= 4 is 11.6 Å². The maximum atomic E-state index is 11.8. The fourth-order valence-electron chi connectivity index (χ4n) is 1.82. The molecule has 0 radical (unpaired) electrons. The Labute approximate surface area is 106 Å². The second-order valence-electron chi connectivity index (χ2n) is 4.15. The van der Waals surface area contributed by atoms with Gasteiger partial charge in [0, 0.05) is 18.8 Å². The van der Waals surface area contributed by atoms with Crippen molar-refractivity contribution in [2.45, 2.75) is 18.9 Å². The highest BCUT2D eigenvalue weighted by molar-refractivity contribution is 5.94. The first-order chi connectivity index (χ1) is 8.79. The minimum atomic E-state index is -0.307. The molecule has 1 fully saturated rings. The summed E-state index contributed by atoms with van der Waals surface area (Å²) in [7, 11) is 0. The van der Waals surface area contributed by atoms with E-state index in [1.54, 1.807) is 24.3 Å². The number of nitrogens with two attached hydrogens (primary N) is 1. The minimum Gasteiger partial charge on any atom is -0.492 e. The third kappa shape index (κ3) is 3.45. The van der Waals surface area contributed by atoms with Gasteiger partial charge in [-0.25, -0.2) is 0 Å². The molecule has 1 aliphatic heterocycles. The van der Waals surface area contributed by atoms with Crippen LogP contribution in [0.15, 0.2) is 24.3 Å². The molecule has 1 heterocycles. The lowest BCUT2D eigenvalue weighted by Gasteiger charge is -2.11. The average Bonchev–Trinajstić information content (AvgIpc) is 2.92. The quantitative estimate of drug-likeness (QED) is 0.822. The number of amides is 1. The van der Waals surface area contributed by atoms with Crippen molar-refractivity contribution in [3.8, 4) is 5.75 Å². The number of carbonyl (C=O) groups is 1. The Hall–Kier alpha value is -1.59.